The van der Waals surface area contributed by atoms with E-state index < -0.39 is 5.79 Å². The molecule has 2 aromatic carbocycles. The second-order valence-electron chi connectivity index (χ2n) is 7.63. The van der Waals surface area contributed by atoms with Gasteiger partial charge in [0.2, 0.25) is 0 Å². The first-order valence-corrected chi connectivity index (χ1v) is 9.85. The van der Waals surface area contributed by atoms with Crippen molar-refractivity contribution in [2.45, 2.75) is 12.2 Å². The molecule has 0 aromatic heterocycles. The van der Waals surface area contributed by atoms with Crippen LogP contribution in [-0.4, -0.2) is 46.8 Å². The fraction of sp³-hybridized carbons (Fsp3) is 0.348. The van der Waals surface area contributed by atoms with Crippen LogP contribution in [-0.2, 0) is 20.1 Å². The Bertz CT molecular complexity index is 944. The molecule has 152 valence electrons. The van der Waals surface area contributed by atoms with Gasteiger partial charge in [-0.25, -0.2) is 0 Å². The molecule has 4 rings (SSSR count). The summed E-state index contributed by atoms with van der Waals surface area (Å²) in [4.78, 5) is 16.7. The molecule has 0 spiro atoms. The van der Waals surface area contributed by atoms with Crippen LogP contribution >= 0.6 is 0 Å². The van der Waals surface area contributed by atoms with Gasteiger partial charge in [-0.15, -0.1) is 0 Å². The van der Waals surface area contributed by atoms with Gasteiger partial charge in [-0.2, -0.15) is 0 Å². The van der Waals surface area contributed by atoms with E-state index in [1.54, 1.807) is 11.9 Å². The number of rotatable bonds is 5. The molecule has 0 aliphatic carbocycles. The molecule has 2 N–H and O–H groups in total. The monoisotopic (exact) mass is 393 g/mol. The van der Waals surface area contributed by atoms with Crippen molar-refractivity contribution in [1.29, 1.82) is 0 Å². The SMILES string of the molecule is CN(C)c1ccc(/C=C2\C(=O)N(C)c3ccc(C4(CCN)OCCO4)cc32)cc1. The number of fused-ring (bicyclic) bond motifs is 1. The van der Waals surface area contributed by atoms with Crippen LogP contribution < -0.4 is 15.5 Å². The number of amides is 1. The number of nitrogens with zero attached hydrogens (tertiary/aromatic N) is 2. The molecule has 1 amide bonds. The third-order valence-electron chi connectivity index (χ3n) is 5.57. The summed E-state index contributed by atoms with van der Waals surface area (Å²) < 4.78 is 11.9. The lowest BCUT2D eigenvalue weighted by Gasteiger charge is -2.28. The Labute approximate surface area is 171 Å². The van der Waals surface area contributed by atoms with Gasteiger partial charge in [0.15, 0.2) is 5.79 Å². The zero-order chi connectivity index (χ0) is 20.6. The van der Waals surface area contributed by atoms with E-state index in [1.165, 1.54) is 0 Å². The molecule has 0 radical (unpaired) electrons. The molecule has 2 aliphatic rings. The van der Waals surface area contributed by atoms with Gasteiger partial charge in [-0.05, 0) is 42.4 Å². The summed E-state index contributed by atoms with van der Waals surface area (Å²) in [6, 6.07) is 14.1. The van der Waals surface area contributed by atoms with Gasteiger partial charge < -0.3 is 25.0 Å². The summed E-state index contributed by atoms with van der Waals surface area (Å²) in [5.41, 5.74) is 11.3. The number of ether oxygens (including phenoxy) is 2. The number of likely N-dealkylation sites (N-methyl/N-ethyl adjacent to an activating group) is 1. The molecule has 0 atom stereocenters. The van der Waals surface area contributed by atoms with E-state index in [1.807, 2.05) is 67.5 Å². The molecule has 6 nitrogen and oxygen atoms in total. The van der Waals surface area contributed by atoms with Gasteiger partial charge >= 0.3 is 0 Å². The van der Waals surface area contributed by atoms with Crippen molar-refractivity contribution in [1.82, 2.24) is 0 Å². The minimum atomic E-state index is -0.827. The second kappa shape index (κ2) is 7.63. The third kappa shape index (κ3) is 3.44. The summed E-state index contributed by atoms with van der Waals surface area (Å²) in [5.74, 6) is -0.845. The van der Waals surface area contributed by atoms with E-state index in [4.69, 9.17) is 15.2 Å². The Balaban J connectivity index is 1.76. The fourth-order valence-electron chi connectivity index (χ4n) is 3.96. The molecule has 2 aromatic rings. The fourth-order valence-corrected chi connectivity index (χ4v) is 3.96. The number of anilines is 2. The Morgan fingerprint density at radius 2 is 1.83 bits per heavy atom. The van der Waals surface area contributed by atoms with Crippen molar-refractivity contribution in [2.75, 3.05) is 50.7 Å². The topological polar surface area (TPSA) is 68.0 Å². The van der Waals surface area contributed by atoms with Crippen molar-refractivity contribution in [3.8, 4) is 0 Å². The minimum Gasteiger partial charge on any atom is -0.378 e. The first-order chi connectivity index (χ1) is 13.9. The normalized spacial score (nSPS) is 19.1. The zero-order valence-electron chi connectivity index (χ0n) is 17.1. The average Bonchev–Trinajstić information content (AvgIpc) is 3.28. The average molecular weight is 393 g/mol. The molecule has 1 fully saturated rings. The van der Waals surface area contributed by atoms with Crippen molar-refractivity contribution in [3.05, 3.63) is 59.2 Å². The summed E-state index contributed by atoms with van der Waals surface area (Å²) in [6.07, 6.45) is 2.51. The van der Waals surface area contributed by atoms with Crippen LogP contribution in [0.5, 0.6) is 0 Å². The van der Waals surface area contributed by atoms with Crippen LogP contribution in [0.15, 0.2) is 42.5 Å². The zero-order valence-corrected chi connectivity index (χ0v) is 17.1. The van der Waals surface area contributed by atoms with E-state index in [2.05, 4.69) is 0 Å². The van der Waals surface area contributed by atoms with Crippen molar-refractivity contribution in [3.63, 3.8) is 0 Å². The highest BCUT2D eigenvalue weighted by Gasteiger charge is 2.40. The molecule has 2 heterocycles. The standard InChI is InChI=1S/C23H27N3O3/c1-25(2)18-7-4-16(5-8-18)14-20-19-15-17(6-9-21(19)26(3)22(20)27)23(10-11-24)28-12-13-29-23/h4-9,14-15H,10-13,24H2,1-3H3/b20-14-. The lowest BCUT2D eigenvalue weighted by Crippen LogP contribution is -2.30. The molecule has 0 bridgehead atoms. The smallest absolute Gasteiger partial charge is 0.258 e. The van der Waals surface area contributed by atoms with Crippen LogP contribution in [0.3, 0.4) is 0 Å². The quantitative estimate of drug-likeness (QED) is 0.791. The highest BCUT2D eigenvalue weighted by Crippen LogP contribution is 2.42. The Kier molecular flexibility index (Phi) is 5.17. The van der Waals surface area contributed by atoms with Gasteiger partial charge in [0.1, 0.15) is 0 Å². The number of carbonyl (C=O) groups excluding carboxylic acids is 1. The maximum atomic E-state index is 12.9. The van der Waals surface area contributed by atoms with Gasteiger partial charge in [0.05, 0.1) is 18.9 Å². The van der Waals surface area contributed by atoms with E-state index in [0.29, 0.717) is 31.8 Å². The van der Waals surface area contributed by atoms with Crippen LogP contribution in [0.1, 0.15) is 23.1 Å². The number of nitrogens with two attached hydrogens (primary N) is 1. The lowest BCUT2D eigenvalue weighted by atomic mass is 9.96. The lowest BCUT2D eigenvalue weighted by molar-refractivity contribution is -0.168. The second-order valence-corrected chi connectivity index (χ2v) is 7.63. The van der Waals surface area contributed by atoms with Crippen molar-refractivity contribution < 1.29 is 14.3 Å². The highest BCUT2D eigenvalue weighted by molar-refractivity contribution is 6.35. The first kappa shape index (κ1) is 19.6. The Hall–Kier alpha value is -2.67. The number of hydrogen-bond donors (Lipinski definition) is 1. The molecule has 0 unspecified atom stereocenters. The maximum Gasteiger partial charge on any atom is 0.258 e. The first-order valence-electron chi connectivity index (χ1n) is 9.85. The molecular weight excluding hydrogens is 366 g/mol. The maximum absolute atomic E-state index is 12.9. The molecule has 6 heteroatoms. The summed E-state index contributed by atoms with van der Waals surface area (Å²) in [5, 5.41) is 0. The Morgan fingerprint density at radius 1 is 1.14 bits per heavy atom. The summed E-state index contributed by atoms with van der Waals surface area (Å²) in [6.45, 7) is 1.53. The highest BCUT2D eigenvalue weighted by atomic mass is 16.7. The molecule has 1 saturated heterocycles. The predicted octanol–water partition coefficient (Wildman–Crippen LogP) is 2.82. The van der Waals surface area contributed by atoms with Gasteiger partial charge in [0.25, 0.3) is 5.91 Å². The van der Waals surface area contributed by atoms with E-state index in [0.717, 1.165) is 28.1 Å². The Morgan fingerprint density at radius 3 is 2.45 bits per heavy atom. The molecule has 0 saturated carbocycles. The van der Waals surface area contributed by atoms with Crippen LogP contribution in [0.4, 0.5) is 11.4 Å². The third-order valence-corrected chi connectivity index (χ3v) is 5.57. The van der Waals surface area contributed by atoms with E-state index in [-0.39, 0.29) is 5.91 Å². The van der Waals surface area contributed by atoms with Crippen LogP contribution in [0, 0.1) is 0 Å². The van der Waals surface area contributed by atoms with Gasteiger partial charge in [0, 0.05) is 50.0 Å². The van der Waals surface area contributed by atoms with E-state index >= 15 is 0 Å². The minimum absolute atomic E-state index is 0.0185. The van der Waals surface area contributed by atoms with Crippen LogP contribution in [0.2, 0.25) is 0 Å². The number of benzene rings is 2. The summed E-state index contributed by atoms with van der Waals surface area (Å²) in [7, 11) is 5.81. The van der Waals surface area contributed by atoms with Crippen LogP contribution in [0.25, 0.3) is 11.6 Å². The number of hydrogen-bond acceptors (Lipinski definition) is 5. The predicted molar refractivity (Wildman–Crippen MR) is 116 cm³/mol. The van der Waals surface area contributed by atoms with Crippen molar-refractivity contribution >= 4 is 28.9 Å². The summed E-state index contributed by atoms with van der Waals surface area (Å²) >= 11 is 0. The molecule has 2 aliphatic heterocycles. The van der Waals surface area contributed by atoms with Crippen molar-refractivity contribution in [2.24, 2.45) is 5.73 Å². The molecular formula is C23H27N3O3. The van der Waals surface area contributed by atoms with Gasteiger partial charge in [-0.1, -0.05) is 18.2 Å². The van der Waals surface area contributed by atoms with E-state index in [9.17, 15) is 4.79 Å². The van der Waals surface area contributed by atoms with Gasteiger partial charge in [-0.3, -0.25) is 4.79 Å². The number of carbonyl (C=O) groups is 1. The molecule has 29 heavy (non-hydrogen) atoms. The largest absolute Gasteiger partial charge is 0.378 e.